The summed E-state index contributed by atoms with van der Waals surface area (Å²) in [6.45, 7) is 0. The van der Waals surface area contributed by atoms with Crippen LogP contribution in [0.1, 0.15) is 31.2 Å². The number of carbonyl (C=O) groups excluding carboxylic acids is 1. The van der Waals surface area contributed by atoms with E-state index in [0.717, 1.165) is 23.5 Å². The highest BCUT2D eigenvalue weighted by molar-refractivity contribution is 5.98. The van der Waals surface area contributed by atoms with E-state index in [2.05, 4.69) is 5.32 Å². The summed E-state index contributed by atoms with van der Waals surface area (Å²) in [5.41, 5.74) is 3.09. The molecule has 2 aliphatic rings. The Bertz CT molecular complexity index is 814. The van der Waals surface area contributed by atoms with Crippen LogP contribution in [-0.2, 0) is 4.79 Å². The van der Waals surface area contributed by atoms with Crippen LogP contribution in [0.5, 0.6) is 0 Å². The highest BCUT2D eigenvalue weighted by atomic mass is 19.1. The monoisotopic (exact) mass is 337 g/mol. The van der Waals surface area contributed by atoms with Gasteiger partial charge >= 0.3 is 0 Å². The van der Waals surface area contributed by atoms with Gasteiger partial charge in [-0.2, -0.15) is 0 Å². The van der Waals surface area contributed by atoms with Crippen LogP contribution in [0.15, 0.2) is 42.5 Å². The standard InChI is InChI=1S/C20H20FN3O/c21-15-3-5-16(6-4-15)23-18-8-7-17(11-14(18)12-22)24-19(13-1-2-13)9-10-20(24)25/h3-8,11-13,19,22-23H,1-2,9-10H2. The van der Waals surface area contributed by atoms with E-state index < -0.39 is 0 Å². The summed E-state index contributed by atoms with van der Waals surface area (Å²) in [5, 5.41) is 10.9. The third kappa shape index (κ3) is 3.14. The Morgan fingerprint density at radius 3 is 2.56 bits per heavy atom. The molecule has 1 aliphatic heterocycles. The lowest BCUT2D eigenvalue weighted by atomic mass is 10.1. The normalized spacial score (nSPS) is 20.0. The van der Waals surface area contributed by atoms with E-state index in [1.54, 1.807) is 12.1 Å². The molecule has 1 aliphatic carbocycles. The minimum Gasteiger partial charge on any atom is -0.355 e. The van der Waals surface area contributed by atoms with Gasteiger partial charge in [-0.1, -0.05) is 0 Å². The third-order valence-corrected chi connectivity index (χ3v) is 5.01. The Hall–Kier alpha value is -2.69. The SMILES string of the molecule is N=Cc1cc(N2C(=O)CCC2C2CC2)ccc1Nc1ccc(F)cc1. The number of nitrogens with zero attached hydrogens (tertiary/aromatic N) is 1. The van der Waals surface area contributed by atoms with Crippen LogP contribution in [0.3, 0.4) is 0 Å². The van der Waals surface area contributed by atoms with Crippen molar-refractivity contribution in [3.8, 4) is 0 Å². The third-order valence-electron chi connectivity index (χ3n) is 5.01. The first-order valence-electron chi connectivity index (χ1n) is 8.65. The summed E-state index contributed by atoms with van der Waals surface area (Å²) in [6.07, 6.45) is 5.23. The number of hydrogen-bond acceptors (Lipinski definition) is 3. The van der Waals surface area contributed by atoms with Crippen LogP contribution in [0.25, 0.3) is 0 Å². The molecule has 2 fully saturated rings. The van der Waals surface area contributed by atoms with Gasteiger partial charge in [-0.15, -0.1) is 0 Å². The molecule has 2 aromatic rings. The number of halogens is 1. The lowest BCUT2D eigenvalue weighted by Gasteiger charge is -2.25. The summed E-state index contributed by atoms with van der Waals surface area (Å²) >= 11 is 0. The molecule has 1 saturated carbocycles. The molecule has 1 heterocycles. The molecule has 4 nitrogen and oxygen atoms in total. The molecule has 2 aromatic carbocycles. The number of hydrogen-bond donors (Lipinski definition) is 2. The Balaban J connectivity index is 1.62. The molecule has 0 bridgehead atoms. The van der Waals surface area contributed by atoms with E-state index in [4.69, 9.17) is 5.41 Å². The van der Waals surface area contributed by atoms with Gasteiger partial charge < -0.3 is 15.6 Å². The number of anilines is 3. The highest BCUT2D eigenvalue weighted by Crippen LogP contribution is 2.42. The van der Waals surface area contributed by atoms with Gasteiger partial charge in [-0.3, -0.25) is 4.79 Å². The van der Waals surface area contributed by atoms with Crippen molar-refractivity contribution in [3.63, 3.8) is 0 Å². The van der Waals surface area contributed by atoms with Crippen molar-refractivity contribution < 1.29 is 9.18 Å². The van der Waals surface area contributed by atoms with Crippen LogP contribution >= 0.6 is 0 Å². The second-order valence-electron chi connectivity index (χ2n) is 6.75. The van der Waals surface area contributed by atoms with Crippen molar-refractivity contribution in [1.82, 2.24) is 0 Å². The molecule has 1 unspecified atom stereocenters. The fraction of sp³-hybridized carbons (Fsp3) is 0.300. The Morgan fingerprint density at radius 1 is 1.12 bits per heavy atom. The molecule has 2 N–H and O–H groups in total. The molecular formula is C20H20FN3O. The van der Waals surface area contributed by atoms with Crippen molar-refractivity contribution in [2.75, 3.05) is 10.2 Å². The number of benzene rings is 2. The molecule has 0 aromatic heterocycles. The first-order valence-corrected chi connectivity index (χ1v) is 8.65. The zero-order chi connectivity index (χ0) is 17.4. The van der Waals surface area contributed by atoms with E-state index in [1.165, 1.54) is 31.2 Å². The molecule has 128 valence electrons. The van der Waals surface area contributed by atoms with Gasteiger partial charge in [-0.05, 0) is 67.6 Å². The van der Waals surface area contributed by atoms with Gasteiger partial charge in [0.05, 0.1) is 0 Å². The number of nitrogens with one attached hydrogen (secondary N) is 2. The topological polar surface area (TPSA) is 56.2 Å². The zero-order valence-corrected chi connectivity index (χ0v) is 13.8. The molecule has 1 amide bonds. The number of rotatable bonds is 5. The Morgan fingerprint density at radius 2 is 1.88 bits per heavy atom. The van der Waals surface area contributed by atoms with Gasteiger partial charge in [0.1, 0.15) is 5.82 Å². The van der Waals surface area contributed by atoms with Crippen molar-refractivity contribution in [3.05, 3.63) is 53.8 Å². The van der Waals surface area contributed by atoms with Crippen molar-refractivity contribution in [1.29, 1.82) is 5.41 Å². The summed E-state index contributed by atoms with van der Waals surface area (Å²) in [4.78, 5) is 14.3. The van der Waals surface area contributed by atoms with Crippen LogP contribution in [-0.4, -0.2) is 18.2 Å². The molecule has 5 heteroatoms. The number of carbonyl (C=O) groups is 1. The average Bonchev–Trinajstić information content (AvgIpc) is 3.40. The van der Waals surface area contributed by atoms with Gasteiger partial charge in [0.25, 0.3) is 0 Å². The smallest absolute Gasteiger partial charge is 0.227 e. The molecule has 1 saturated heterocycles. The van der Waals surface area contributed by atoms with Crippen LogP contribution in [0, 0.1) is 17.1 Å². The second-order valence-corrected chi connectivity index (χ2v) is 6.75. The second kappa shape index (κ2) is 6.31. The van der Waals surface area contributed by atoms with E-state index in [-0.39, 0.29) is 11.7 Å². The van der Waals surface area contributed by atoms with E-state index in [1.807, 2.05) is 23.1 Å². The van der Waals surface area contributed by atoms with Crippen LogP contribution < -0.4 is 10.2 Å². The fourth-order valence-corrected chi connectivity index (χ4v) is 3.59. The molecule has 25 heavy (non-hydrogen) atoms. The Kier molecular flexibility index (Phi) is 3.99. The van der Waals surface area contributed by atoms with Gasteiger partial charge in [0.2, 0.25) is 5.91 Å². The summed E-state index contributed by atoms with van der Waals surface area (Å²) in [6, 6.07) is 12.1. The summed E-state index contributed by atoms with van der Waals surface area (Å²) in [5.74, 6) is 0.519. The van der Waals surface area contributed by atoms with Crippen LogP contribution in [0.2, 0.25) is 0 Å². The largest absolute Gasteiger partial charge is 0.355 e. The highest BCUT2D eigenvalue weighted by Gasteiger charge is 2.42. The predicted molar refractivity (Wildman–Crippen MR) is 97.2 cm³/mol. The van der Waals surface area contributed by atoms with Gasteiger partial charge in [-0.25, -0.2) is 4.39 Å². The Labute approximate surface area is 146 Å². The van der Waals surface area contributed by atoms with E-state index in [9.17, 15) is 9.18 Å². The molecule has 1 atom stereocenters. The van der Waals surface area contributed by atoms with Gasteiger partial charge in [0.15, 0.2) is 0 Å². The predicted octanol–water partition coefficient (Wildman–Crippen LogP) is 4.47. The maximum Gasteiger partial charge on any atom is 0.227 e. The molecule has 4 rings (SSSR count). The first kappa shape index (κ1) is 15.8. The van der Waals surface area contributed by atoms with E-state index >= 15 is 0 Å². The first-order chi connectivity index (χ1) is 12.2. The van der Waals surface area contributed by atoms with Crippen LogP contribution in [0.4, 0.5) is 21.5 Å². The minimum absolute atomic E-state index is 0.173. The molecule has 0 spiro atoms. The van der Waals surface area contributed by atoms with Crippen molar-refractivity contribution in [2.45, 2.75) is 31.7 Å². The fourth-order valence-electron chi connectivity index (χ4n) is 3.59. The lowest BCUT2D eigenvalue weighted by molar-refractivity contribution is -0.117. The molecular weight excluding hydrogens is 317 g/mol. The maximum absolute atomic E-state index is 13.0. The van der Waals surface area contributed by atoms with Crippen molar-refractivity contribution in [2.24, 2.45) is 5.92 Å². The summed E-state index contributed by atoms with van der Waals surface area (Å²) < 4.78 is 13.0. The van der Waals surface area contributed by atoms with Crippen molar-refractivity contribution >= 4 is 29.2 Å². The maximum atomic E-state index is 13.0. The zero-order valence-electron chi connectivity index (χ0n) is 13.8. The quantitative estimate of drug-likeness (QED) is 0.791. The molecule has 0 radical (unpaired) electrons. The van der Waals surface area contributed by atoms with Gasteiger partial charge in [0, 0.05) is 41.3 Å². The lowest BCUT2D eigenvalue weighted by Crippen LogP contribution is -2.34. The minimum atomic E-state index is -0.285. The average molecular weight is 337 g/mol. The summed E-state index contributed by atoms with van der Waals surface area (Å²) in [7, 11) is 0. The van der Waals surface area contributed by atoms with E-state index in [0.29, 0.717) is 23.9 Å². The number of amides is 1.